The maximum Gasteiger partial charge on any atom is 0.252 e. The Morgan fingerprint density at radius 3 is 2.53 bits per heavy atom. The molecule has 19 heavy (non-hydrogen) atoms. The molecule has 0 heterocycles. The lowest BCUT2D eigenvalue weighted by atomic mass is 10.1. The Kier molecular flexibility index (Phi) is 3.40. The van der Waals surface area contributed by atoms with Crippen molar-refractivity contribution in [1.82, 2.24) is 5.32 Å². The van der Waals surface area contributed by atoms with Crippen LogP contribution in [0.15, 0.2) is 23.1 Å². The third-order valence-corrected chi connectivity index (χ3v) is 4.53. The van der Waals surface area contributed by atoms with Crippen molar-refractivity contribution < 1.29 is 18.3 Å². The first-order valence-electron chi connectivity index (χ1n) is 6.01. The van der Waals surface area contributed by atoms with Crippen LogP contribution in [0.3, 0.4) is 0 Å². The second kappa shape index (κ2) is 4.61. The molecular weight excluding hydrogens is 266 g/mol. The Balaban J connectivity index is 2.31. The molecule has 1 fully saturated rings. The lowest BCUT2D eigenvalue weighted by Crippen LogP contribution is -2.39. The Morgan fingerprint density at radius 1 is 1.42 bits per heavy atom. The number of amides is 1. The van der Waals surface area contributed by atoms with E-state index in [0.717, 1.165) is 19.1 Å². The molecule has 1 aromatic rings. The summed E-state index contributed by atoms with van der Waals surface area (Å²) in [5.74, 6) is -0.338. The first kappa shape index (κ1) is 14.0. The topological polar surface area (TPSA) is 83.5 Å². The van der Waals surface area contributed by atoms with E-state index in [1.54, 1.807) is 13.0 Å². The zero-order chi connectivity index (χ0) is 14.3. The second-order valence-corrected chi connectivity index (χ2v) is 7.16. The summed E-state index contributed by atoms with van der Waals surface area (Å²) in [6.07, 6.45) is 2.61. The highest BCUT2D eigenvalue weighted by molar-refractivity contribution is 7.90. The van der Waals surface area contributed by atoms with Gasteiger partial charge in [0.2, 0.25) is 0 Å². The number of aliphatic hydroxyl groups excluding tert-OH is 1. The third kappa shape index (κ3) is 2.96. The van der Waals surface area contributed by atoms with Gasteiger partial charge in [-0.2, -0.15) is 0 Å². The average Bonchev–Trinajstić information content (AvgIpc) is 3.08. The molecule has 0 aliphatic heterocycles. The summed E-state index contributed by atoms with van der Waals surface area (Å²) < 4.78 is 23.0. The van der Waals surface area contributed by atoms with E-state index in [-0.39, 0.29) is 17.4 Å². The lowest BCUT2D eigenvalue weighted by molar-refractivity contribution is 0.0906. The zero-order valence-corrected chi connectivity index (χ0v) is 11.8. The molecular formula is C13H17NO4S. The Bertz CT molecular complexity index is 618. The van der Waals surface area contributed by atoms with Crippen molar-refractivity contribution in [2.24, 2.45) is 0 Å². The molecule has 0 aromatic heterocycles. The van der Waals surface area contributed by atoms with Crippen molar-refractivity contribution in [2.75, 3.05) is 12.9 Å². The van der Waals surface area contributed by atoms with Gasteiger partial charge in [-0.15, -0.1) is 0 Å². The molecule has 0 bridgehead atoms. The van der Waals surface area contributed by atoms with Crippen molar-refractivity contribution in [3.63, 3.8) is 0 Å². The number of carbonyl (C=O) groups excluding carboxylic acids is 1. The van der Waals surface area contributed by atoms with Gasteiger partial charge in [-0.25, -0.2) is 8.42 Å². The van der Waals surface area contributed by atoms with Crippen LogP contribution in [0.4, 0.5) is 0 Å². The number of hydrogen-bond acceptors (Lipinski definition) is 4. The summed E-state index contributed by atoms with van der Waals surface area (Å²) in [4.78, 5) is 12.3. The molecule has 0 saturated heterocycles. The largest absolute Gasteiger partial charge is 0.394 e. The minimum Gasteiger partial charge on any atom is -0.394 e. The average molecular weight is 283 g/mol. The van der Waals surface area contributed by atoms with Crippen LogP contribution in [-0.2, 0) is 9.84 Å². The van der Waals surface area contributed by atoms with E-state index < -0.39 is 15.4 Å². The minimum absolute atomic E-state index is 0.0937. The molecule has 0 atom stereocenters. The van der Waals surface area contributed by atoms with Gasteiger partial charge in [0, 0.05) is 11.8 Å². The van der Waals surface area contributed by atoms with Crippen LogP contribution >= 0.6 is 0 Å². The quantitative estimate of drug-likeness (QED) is 0.850. The van der Waals surface area contributed by atoms with Gasteiger partial charge in [0.15, 0.2) is 9.84 Å². The molecule has 5 nitrogen and oxygen atoms in total. The van der Waals surface area contributed by atoms with E-state index in [2.05, 4.69) is 5.32 Å². The van der Waals surface area contributed by atoms with Crippen LogP contribution in [0.2, 0.25) is 0 Å². The summed E-state index contributed by atoms with van der Waals surface area (Å²) in [6, 6.07) is 4.48. The van der Waals surface area contributed by atoms with Crippen LogP contribution < -0.4 is 5.32 Å². The van der Waals surface area contributed by atoms with Gasteiger partial charge in [0.25, 0.3) is 5.91 Å². The Labute approximate surface area is 112 Å². The number of aliphatic hydroxyl groups is 1. The molecule has 6 heteroatoms. The van der Waals surface area contributed by atoms with Crippen LogP contribution in [0.25, 0.3) is 0 Å². The van der Waals surface area contributed by atoms with Crippen molar-refractivity contribution in [2.45, 2.75) is 30.2 Å². The molecule has 1 amide bonds. The van der Waals surface area contributed by atoms with Gasteiger partial charge in [0.1, 0.15) is 0 Å². The Hall–Kier alpha value is -1.40. The van der Waals surface area contributed by atoms with E-state index in [0.29, 0.717) is 11.1 Å². The minimum atomic E-state index is -3.34. The highest BCUT2D eigenvalue weighted by Gasteiger charge is 2.43. The highest BCUT2D eigenvalue weighted by Crippen LogP contribution is 2.35. The summed E-state index contributed by atoms with van der Waals surface area (Å²) in [7, 11) is -3.34. The van der Waals surface area contributed by atoms with Gasteiger partial charge in [0.05, 0.1) is 17.0 Å². The number of aryl methyl sites for hydroxylation is 1. The standard InChI is InChI=1S/C13H17NO4S/c1-9-3-4-10(19(2,17)18)7-11(9)12(16)14-13(8-15)5-6-13/h3-4,7,15H,5-6,8H2,1-2H3,(H,14,16). The molecule has 1 aliphatic rings. The fourth-order valence-electron chi connectivity index (χ4n) is 1.86. The van der Waals surface area contributed by atoms with Gasteiger partial charge in [-0.1, -0.05) is 6.07 Å². The second-order valence-electron chi connectivity index (χ2n) is 5.14. The van der Waals surface area contributed by atoms with E-state index in [1.165, 1.54) is 12.1 Å². The molecule has 1 aromatic carbocycles. The van der Waals surface area contributed by atoms with Crippen molar-refractivity contribution in [3.05, 3.63) is 29.3 Å². The molecule has 104 valence electrons. The van der Waals surface area contributed by atoms with Crippen LogP contribution in [0, 0.1) is 6.92 Å². The third-order valence-electron chi connectivity index (χ3n) is 3.42. The fraction of sp³-hybridized carbons (Fsp3) is 0.462. The van der Waals surface area contributed by atoms with Gasteiger partial charge in [-0.05, 0) is 37.5 Å². The maximum atomic E-state index is 12.1. The summed E-state index contributed by atoms with van der Waals surface area (Å²) in [5.41, 5.74) is 0.534. The normalized spacial score (nSPS) is 17.0. The molecule has 1 saturated carbocycles. The summed E-state index contributed by atoms with van der Waals surface area (Å²) >= 11 is 0. The molecule has 0 unspecified atom stereocenters. The van der Waals surface area contributed by atoms with Crippen LogP contribution in [-0.4, -0.2) is 37.8 Å². The lowest BCUT2D eigenvalue weighted by Gasteiger charge is -2.15. The first-order valence-corrected chi connectivity index (χ1v) is 7.91. The summed E-state index contributed by atoms with van der Waals surface area (Å²) in [5, 5.41) is 12.0. The Morgan fingerprint density at radius 2 is 2.05 bits per heavy atom. The smallest absolute Gasteiger partial charge is 0.252 e. The van der Waals surface area contributed by atoms with E-state index in [1.807, 2.05) is 0 Å². The fourth-order valence-corrected chi connectivity index (χ4v) is 2.51. The molecule has 2 rings (SSSR count). The molecule has 0 radical (unpaired) electrons. The predicted molar refractivity (Wildman–Crippen MR) is 70.8 cm³/mol. The highest BCUT2D eigenvalue weighted by atomic mass is 32.2. The summed E-state index contributed by atoms with van der Waals surface area (Å²) in [6.45, 7) is 1.66. The van der Waals surface area contributed by atoms with Crippen molar-refractivity contribution in [1.29, 1.82) is 0 Å². The van der Waals surface area contributed by atoms with Gasteiger partial charge < -0.3 is 10.4 Å². The SMILES string of the molecule is Cc1ccc(S(C)(=O)=O)cc1C(=O)NC1(CO)CC1. The molecule has 2 N–H and O–H groups in total. The van der Waals surface area contributed by atoms with E-state index in [9.17, 15) is 18.3 Å². The van der Waals surface area contributed by atoms with Crippen molar-refractivity contribution in [3.8, 4) is 0 Å². The monoisotopic (exact) mass is 283 g/mol. The molecule has 0 spiro atoms. The number of hydrogen-bond donors (Lipinski definition) is 2. The zero-order valence-electron chi connectivity index (χ0n) is 10.9. The van der Waals surface area contributed by atoms with E-state index in [4.69, 9.17) is 0 Å². The number of nitrogens with one attached hydrogen (secondary N) is 1. The number of sulfone groups is 1. The maximum absolute atomic E-state index is 12.1. The number of rotatable bonds is 4. The van der Waals surface area contributed by atoms with Crippen LogP contribution in [0.1, 0.15) is 28.8 Å². The van der Waals surface area contributed by atoms with Crippen LogP contribution in [0.5, 0.6) is 0 Å². The number of carbonyl (C=O) groups is 1. The van der Waals surface area contributed by atoms with Gasteiger partial charge in [-0.3, -0.25) is 4.79 Å². The van der Waals surface area contributed by atoms with Gasteiger partial charge >= 0.3 is 0 Å². The first-order chi connectivity index (χ1) is 8.77. The molecule has 1 aliphatic carbocycles. The van der Waals surface area contributed by atoms with Crippen molar-refractivity contribution >= 4 is 15.7 Å². The van der Waals surface area contributed by atoms with E-state index >= 15 is 0 Å². The predicted octanol–water partition coefficient (Wildman–Crippen LogP) is 0.653. The number of benzene rings is 1.